The molecule has 2 saturated carbocycles. The Morgan fingerprint density at radius 3 is 2.56 bits per heavy atom. The molecule has 2 heterocycles. The van der Waals surface area contributed by atoms with Crippen LogP contribution in [0.5, 0.6) is 11.5 Å². The van der Waals surface area contributed by atoms with Gasteiger partial charge in [0, 0.05) is 30.2 Å². The van der Waals surface area contributed by atoms with Crippen molar-refractivity contribution in [3.05, 3.63) is 53.1 Å². The molecule has 5 rings (SSSR count). The van der Waals surface area contributed by atoms with Crippen LogP contribution in [0.1, 0.15) is 62.7 Å². The summed E-state index contributed by atoms with van der Waals surface area (Å²) >= 11 is 7.02. The summed E-state index contributed by atoms with van der Waals surface area (Å²) in [5.41, 5.74) is 6.95. The Morgan fingerprint density at radius 2 is 1.93 bits per heavy atom. The molecule has 2 N–H and O–H groups in total. The molecule has 0 spiro atoms. The second-order valence-electron chi connectivity index (χ2n) is 11.9. The SMILES string of the molecule is C=CCCC(CC(N)=O)C(=O)OCCCc1cc(-c2cc(OC)cc(OC)c2)oc1C=C1SC(=S)N(C2CC3CCC2C3)C1=O. The van der Waals surface area contributed by atoms with Crippen LogP contribution < -0.4 is 15.2 Å². The highest BCUT2D eigenvalue weighted by molar-refractivity contribution is 8.26. The van der Waals surface area contributed by atoms with E-state index in [4.69, 9.17) is 36.6 Å². The molecule has 4 atom stereocenters. The summed E-state index contributed by atoms with van der Waals surface area (Å²) < 4.78 is 23.4. The predicted molar refractivity (Wildman–Crippen MR) is 178 cm³/mol. The number of rotatable bonds is 15. The summed E-state index contributed by atoms with van der Waals surface area (Å²) in [7, 11) is 3.17. The lowest BCUT2D eigenvalue weighted by Crippen LogP contribution is -2.41. The smallest absolute Gasteiger partial charge is 0.309 e. The third kappa shape index (κ3) is 7.64. The Labute approximate surface area is 273 Å². The number of amides is 2. The number of aryl methyl sites for hydroxylation is 1. The average molecular weight is 653 g/mol. The number of nitrogens with two attached hydrogens (primary N) is 1. The number of fused-ring (bicyclic) bond motifs is 2. The van der Waals surface area contributed by atoms with E-state index in [1.807, 2.05) is 23.1 Å². The summed E-state index contributed by atoms with van der Waals surface area (Å²) in [6.45, 7) is 3.84. The topological polar surface area (TPSA) is 121 Å². The van der Waals surface area contributed by atoms with Crippen molar-refractivity contribution in [2.75, 3.05) is 20.8 Å². The number of ether oxygens (including phenoxy) is 3. The van der Waals surface area contributed by atoms with Crippen molar-refractivity contribution in [3.8, 4) is 22.8 Å². The van der Waals surface area contributed by atoms with Gasteiger partial charge in [-0.05, 0) is 80.5 Å². The molecule has 1 aliphatic heterocycles. The lowest BCUT2D eigenvalue weighted by atomic mass is 9.94. The summed E-state index contributed by atoms with van der Waals surface area (Å²) in [5, 5.41) is 0. The molecule has 1 saturated heterocycles. The van der Waals surface area contributed by atoms with E-state index in [0.717, 1.165) is 24.0 Å². The summed E-state index contributed by atoms with van der Waals surface area (Å²) in [4.78, 5) is 40.2. The van der Waals surface area contributed by atoms with Crippen LogP contribution in [0.15, 0.2) is 46.2 Å². The Morgan fingerprint density at radius 1 is 1.18 bits per heavy atom. The maximum atomic E-state index is 13.7. The van der Waals surface area contributed by atoms with Gasteiger partial charge in [0.25, 0.3) is 5.91 Å². The van der Waals surface area contributed by atoms with Crippen LogP contribution in [-0.2, 0) is 25.5 Å². The van der Waals surface area contributed by atoms with E-state index in [1.165, 1.54) is 24.6 Å². The van der Waals surface area contributed by atoms with E-state index >= 15 is 0 Å². The number of nitrogens with zero attached hydrogens (tertiary/aromatic N) is 1. The van der Waals surface area contributed by atoms with Gasteiger partial charge < -0.3 is 24.4 Å². The minimum absolute atomic E-state index is 0.0632. The Hall–Kier alpha value is -3.57. The van der Waals surface area contributed by atoms with Crippen LogP contribution in [-0.4, -0.2) is 53.9 Å². The van der Waals surface area contributed by atoms with E-state index in [9.17, 15) is 14.4 Å². The van der Waals surface area contributed by atoms with E-state index < -0.39 is 17.8 Å². The first-order valence-corrected chi connectivity index (χ1v) is 16.6. The monoisotopic (exact) mass is 652 g/mol. The van der Waals surface area contributed by atoms with Crippen molar-refractivity contribution in [1.82, 2.24) is 4.90 Å². The van der Waals surface area contributed by atoms with Crippen LogP contribution in [0, 0.1) is 17.8 Å². The van der Waals surface area contributed by atoms with E-state index in [0.29, 0.717) is 69.8 Å². The van der Waals surface area contributed by atoms with Crippen LogP contribution in [0.2, 0.25) is 0 Å². The number of primary amides is 1. The molecular formula is C34H40N2O7S2. The maximum absolute atomic E-state index is 13.7. The van der Waals surface area contributed by atoms with Crippen LogP contribution >= 0.6 is 24.0 Å². The molecule has 0 radical (unpaired) electrons. The first-order chi connectivity index (χ1) is 21.7. The number of methoxy groups -OCH3 is 2. The number of thiocarbonyl (C=S) groups is 1. The minimum atomic E-state index is -0.600. The average Bonchev–Trinajstić information content (AvgIpc) is 3.81. The van der Waals surface area contributed by atoms with E-state index in [2.05, 4.69) is 6.58 Å². The molecule has 2 aromatic rings. The first kappa shape index (κ1) is 32.8. The number of carbonyl (C=O) groups excluding carboxylic acids is 3. The Balaban J connectivity index is 1.36. The zero-order chi connectivity index (χ0) is 32.1. The molecule has 3 aliphatic rings. The third-order valence-corrected chi connectivity index (χ3v) is 10.3. The Bertz CT molecular complexity index is 1480. The van der Waals surface area contributed by atoms with Gasteiger partial charge in [0.1, 0.15) is 27.3 Å². The van der Waals surface area contributed by atoms with Gasteiger partial charge in [0.15, 0.2) is 0 Å². The maximum Gasteiger partial charge on any atom is 0.309 e. The highest BCUT2D eigenvalue weighted by Gasteiger charge is 2.48. The fourth-order valence-corrected chi connectivity index (χ4v) is 8.03. The fourth-order valence-electron chi connectivity index (χ4n) is 6.68. The fraction of sp³-hybridized carbons (Fsp3) is 0.471. The lowest BCUT2D eigenvalue weighted by molar-refractivity contribution is -0.150. The normalized spacial score (nSPS) is 22.2. The van der Waals surface area contributed by atoms with Gasteiger partial charge in [-0.3, -0.25) is 19.3 Å². The first-order valence-electron chi connectivity index (χ1n) is 15.4. The molecule has 2 bridgehead atoms. The number of allylic oxidation sites excluding steroid dienone is 1. The van der Waals surface area contributed by atoms with E-state index in [1.54, 1.807) is 32.4 Å². The number of hydrogen-bond donors (Lipinski definition) is 1. The van der Waals surface area contributed by atoms with Crippen LogP contribution in [0.3, 0.4) is 0 Å². The molecule has 1 aromatic carbocycles. The second kappa shape index (κ2) is 14.7. The lowest BCUT2D eigenvalue weighted by Gasteiger charge is -2.30. The molecule has 2 amide bonds. The molecule has 1 aromatic heterocycles. The number of furan rings is 1. The molecular weight excluding hydrogens is 613 g/mol. The van der Waals surface area contributed by atoms with Crippen molar-refractivity contribution in [1.29, 1.82) is 0 Å². The molecule has 2 aliphatic carbocycles. The van der Waals surface area contributed by atoms with Gasteiger partial charge in [-0.1, -0.05) is 36.5 Å². The third-order valence-electron chi connectivity index (χ3n) is 8.93. The number of thioether (sulfide) groups is 1. The van der Waals surface area contributed by atoms with Crippen molar-refractivity contribution < 1.29 is 33.0 Å². The van der Waals surface area contributed by atoms with Crippen molar-refractivity contribution >= 4 is 52.2 Å². The molecule has 3 fully saturated rings. The molecule has 4 unspecified atom stereocenters. The van der Waals surface area contributed by atoms with Gasteiger partial charge >= 0.3 is 5.97 Å². The summed E-state index contributed by atoms with van der Waals surface area (Å²) in [5.74, 6) is 1.91. The predicted octanol–water partition coefficient (Wildman–Crippen LogP) is 6.29. The van der Waals surface area contributed by atoms with Gasteiger partial charge in [0.2, 0.25) is 5.91 Å². The number of carbonyl (C=O) groups is 3. The van der Waals surface area contributed by atoms with Crippen molar-refractivity contribution in [3.63, 3.8) is 0 Å². The Kier molecular flexibility index (Phi) is 10.7. The van der Waals surface area contributed by atoms with E-state index in [-0.39, 0.29) is 25.0 Å². The number of hydrogen-bond acceptors (Lipinski definition) is 9. The van der Waals surface area contributed by atoms with Gasteiger partial charge in [-0.25, -0.2) is 0 Å². The van der Waals surface area contributed by atoms with Crippen molar-refractivity contribution in [2.24, 2.45) is 23.5 Å². The van der Waals surface area contributed by atoms with Crippen molar-refractivity contribution in [2.45, 2.75) is 63.8 Å². The quantitative estimate of drug-likeness (QED) is 0.0778. The zero-order valence-corrected chi connectivity index (χ0v) is 27.4. The highest BCUT2D eigenvalue weighted by Crippen LogP contribution is 2.49. The number of benzene rings is 1. The summed E-state index contributed by atoms with van der Waals surface area (Å²) in [6.07, 6.45) is 10.1. The van der Waals surface area contributed by atoms with Crippen LogP contribution in [0.4, 0.5) is 0 Å². The van der Waals surface area contributed by atoms with Gasteiger partial charge in [0.05, 0.1) is 31.6 Å². The summed E-state index contributed by atoms with van der Waals surface area (Å²) in [6, 6.07) is 7.60. The van der Waals surface area contributed by atoms with Gasteiger partial charge in [-0.2, -0.15) is 0 Å². The second-order valence-corrected chi connectivity index (χ2v) is 13.6. The molecule has 11 heteroatoms. The highest BCUT2D eigenvalue weighted by atomic mass is 32.2. The zero-order valence-electron chi connectivity index (χ0n) is 25.8. The van der Waals surface area contributed by atoms with Crippen LogP contribution in [0.25, 0.3) is 17.4 Å². The minimum Gasteiger partial charge on any atom is -0.497 e. The number of esters is 1. The molecule has 240 valence electrons. The molecule has 45 heavy (non-hydrogen) atoms. The standard InChI is InChI=1S/C34H40N2O7S2/c1-4-5-7-23(17-31(35)37)33(39)42-11-6-8-22-16-28(24-14-25(40-2)18-26(15-24)41-3)43-29(22)19-30-32(38)36(34(44)45-30)27-13-20-9-10-21(27)12-20/h4,14-16,18-21,23,27H,1,5-13,17H2,2-3H3,(H2,35,37). The van der Waals surface area contributed by atoms with Gasteiger partial charge in [-0.15, -0.1) is 6.58 Å². The molecule has 9 nitrogen and oxygen atoms in total. The largest absolute Gasteiger partial charge is 0.497 e.